The Morgan fingerprint density at radius 3 is 2.31 bits per heavy atom. The summed E-state index contributed by atoms with van der Waals surface area (Å²) in [6.07, 6.45) is 2.28. The van der Waals surface area contributed by atoms with Crippen molar-refractivity contribution in [1.82, 2.24) is 10.6 Å². The molecule has 0 saturated heterocycles. The van der Waals surface area contributed by atoms with Crippen molar-refractivity contribution in [3.63, 3.8) is 0 Å². The first-order chi connectivity index (χ1) is 12.4. The molecule has 0 aliphatic rings. The topological polar surface area (TPSA) is 58.2 Å². The Hall–Kier alpha value is -2.36. The highest BCUT2D eigenvalue weighted by Gasteiger charge is 2.18. The summed E-state index contributed by atoms with van der Waals surface area (Å²) < 4.78 is 0. The molecule has 0 aliphatic heterocycles. The molecule has 0 bridgehead atoms. The fraction of sp³-hybridized carbons (Fsp3) is 0.455. The zero-order chi connectivity index (χ0) is 19.1. The van der Waals surface area contributed by atoms with E-state index in [0.29, 0.717) is 5.92 Å². The molecule has 0 saturated carbocycles. The van der Waals surface area contributed by atoms with Crippen LogP contribution < -0.4 is 10.6 Å². The van der Waals surface area contributed by atoms with E-state index < -0.39 is 6.04 Å². The molecule has 0 spiro atoms. The van der Waals surface area contributed by atoms with Crippen LogP contribution >= 0.6 is 0 Å². The standard InChI is InChI=1S/C22H30N2O2/c1-15(2)12-13-16(3)23-22(26)17(4)24-21(25)14-19-10-7-9-18-8-5-6-11-20(18)19/h5-11,15-17H,12-14H2,1-4H3,(H,23,26)(H,24,25)/t16-,17-/m1/s1. The molecule has 140 valence electrons. The Morgan fingerprint density at radius 1 is 0.885 bits per heavy atom. The van der Waals surface area contributed by atoms with Gasteiger partial charge in [0.1, 0.15) is 6.04 Å². The van der Waals surface area contributed by atoms with Gasteiger partial charge in [-0.1, -0.05) is 56.3 Å². The second-order valence-corrected chi connectivity index (χ2v) is 7.49. The SMILES string of the molecule is CC(C)CC[C@@H](C)NC(=O)[C@@H](C)NC(=O)Cc1cccc2ccccc12. The summed E-state index contributed by atoms with van der Waals surface area (Å²) in [6, 6.07) is 13.5. The maximum atomic E-state index is 12.4. The number of carbonyl (C=O) groups excluding carboxylic acids is 2. The van der Waals surface area contributed by atoms with Gasteiger partial charge >= 0.3 is 0 Å². The highest BCUT2D eigenvalue weighted by molar-refractivity contribution is 5.92. The van der Waals surface area contributed by atoms with Crippen molar-refractivity contribution in [3.8, 4) is 0 Å². The van der Waals surface area contributed by atoms with Crippen LogP contribution in [0.25, 0.3) is 10.8 Å². The highest BCUT2D eigenvalue weighted by atomic mass is 16.2. The van der Waals surface area contributed by atoms with Gasteiger partial charge in [0.15, 0.2) is 0 Å². The van der Waals surface area contributed by atoms with Crippen LogP contribution in [0.5, 0.6) is 0 Å². The molecule has 0 aromatic heterocycles. The van der Waals surface area contributed by atoms with Crippen LogP contribution in [0.15, 0.2) is 42.5 Å². The summed E-state index contributed by atoms with van der Waals surface area (Å²) >= 11 is 0. The lowest BCUT2D eigenvalue weighted by atomic mass is 10.0. The van der Waals surface area contributed by atoms with Gasteiger partial charge in [-0.2, -0.15) is 0 Å². The van der Waals surface area contributed by atoms with Crippen molar-refractivity contribution in [2.75, 3.05) is 0 Å². The third-order valence-electron chi connectivity index (χ3n) is 4.57. The van der Waals surface area contributed by atoms with Crippen LogP contribution in [0.3, 0.4) is 0 Å². The smallest absolute Gasteiger partial charge is 0.242 e. The summed E-state index contributed by atoms with van der Waals surface area (Å²) in [7, 11) is 0. The number of hydrogen-bond donors (Lipinski definition) is 2. The van der Waals surface area contributed by atoms with Crippen molar-refractivity contribution < 1.29 is 9.59 Å². The Balaban J connectivity index is 1.89. The van der Waals surface area contributed by atoms with E-state index >= 15 is 0 Å². The summed E-state index contributed by atoms with van der Waals surface area (Å²) in [5, 5.41) is 7.98. The van der Waals surface area contributed by atoms with E-state index in [1.807, 2.05) is 49.4 Å². The van der Waals surface area contributed by atoms with Crippen LogP contribution in [0.1, 0.15) is 46.1 Å². The molecule has 0 aliphatic carbocycles. The van der Waals surface area contributed by atoms with E-state index in [-0.39, 0.29) is 24.3 Å². The Labute approximate surface area is 156 Å². The lowest BCUT2D eigenvalue weighted by Crippen LogP contribution is -2.47. The molecule has 2 atom stereocenters. The molecule has 4 heteroatoms. The van der Waals surface area contributed by atoms with Gasteiger partial charge in [-0.25, -0.2) is 0 Å². The number of carbonyl (C=O) groups is 2. The fourth-order valence-corrected chi connectivity index (χ4v) is 3.00. The van der Waals surface area contributed by atoms with Gasteiger partial charge in [0, 0.05) is 6.04 Å². The van der Waals surface area contributed by atoms with Gasteiger partial charge in [-0.15, -0.1) is 0 Å². The van der Waals surface area contributed by atoms with Crippen LogP contribution in [-0.4, -0.2) is 23.9 Å². The van der Waals surface area contributed by atoms with Gasteiger partial charge in [0.25, 0.3) is 0 Å². The molecule has 4 nitrogen and oxygen atoms in total. The number of nitrogens with one attached hydrogen (secondary N) is 2. The van der Waals surface area contributed by atoms with E-state index in [9.17, 15) is 9.59 Å². The third kappa shape index (κ3) is 5.87. The molecule has 0 heterocycles. The average Bonchev–Trinajstić information content (AvgIpc) is 2.60. The Kier molecular flexibility index (Phi) is 7.19. The van der Waals surface area contributed by atoms with Crippen molar-refractivity contribution in [2.24, 2.45) is 5.92 Å². The van der Waals surface area contributed by atoms with E-state index in [0.717, 1.165) is 29.2 Å². The summed E-state index contributed by atoms with van der Waals surface area (Å²) in [4.78, 5) is 24.7. The maximum Gasteiger partial charge on any atom is 0.242 e. The van der Waals surface area contributed by atoms with Crippen molar-refractivity contribution in [3.05, 3.63) is 48.0 Å². The third-order valence-corrected chi connectivity index (χ3v) is 4.57. The summed E-state index contributed by atoms with van der Waals surface area (Å²) in [5.41, 5.74) is 0.971. The average molecular weight is 354 g/mol. The predicted molar refractivity (Wildman–Crippen MR) is 107 cm³/mol. The van der Waals surface area contributed by atoms with Crippen molar-refractivity contribution >= 4 is 22.6 Å². The van der Waals surface area contributed by atoms with Crippen molar-refractivity contribution in [2.45, 2.75) is 59.0 Å². The molecule has 0 fully saturated rings. The largest absolute Gasteiger partial charge is 0.352 e. The van der Waals surface area contributed by atoms with E-state index in [1.165, 1.54) is 0 Å². The number of benzene rings is 2. The van der Waals surface area contributed by atoms with Gasteiger partial charge in [0.05, 0.1) is 6.42 Å². The first-order valence-electron chi connectivity index (χ1n) is 9.43. The molecule has 2 N–H and O–H groups in total. The predicted octanol–water partition coefficient (Wildman–Crippen LogP) is 3.83. The van der Waals surface area contributed by atoms with Crippen molar-refractivity contribution in [1.29, 1.82) is 0 Å². The molecule has 2 aromatic rings. The molecule has 0 unspecified atom stereocenters. The summed E-state index contributed by atoms with van der Waals surface area (Å²) in [5.74, 6) is 0.346. The zero-order valence-electron chi connectivity index (χ0n) is 16.2. The lowest BCUT2D eigenvalue weighted by Gasteiger charge is -2.19. The Morgan fingerprint density at radius 2 is 1.58 bits per heavy atom. The monoisotopic (exact) mass is 354 g/mol. The van der Waals surface area contributed by atoms with Crippen LogP contribution in [-0.2, 0) is 16.0 Å². The van der Waals surface area contributed by atoms with E-state index in [4.69, 9.17) is 0 Å². The minimum absolute atomic E-state index is 0.113. The van der Waals surface area contributed by atoms with Gasteiger partial charge in [0.2, 0.25) is 11.8 Å². The molecule has 26 heavy (non-hydrogen) atoms. The molecule has 0 radical (unpaired) electrons. The minimum Gasteiger partial charge on any atom is -0.352 e. The summed E-state index contributed by atoms with van der Waals surface area (Å²) in [6.45, 7) is 8.08. The number of amides is 2. The molecular formula is C22H30N2O2. The Bertz CT molecular complexity index is 749. The van der Waals surface area contributed by atoms with Gasteiger partial charge in [-0.3, -0.25) is 9.59 Å². The zero-order valence-corrected chi connectivity index (χ0v) is 16.2. The second-order valence-electron chi connectivity index (χ2n) is 7.49. The number of rotatable bonds is 8. The number of fused-ring (bicyclic) bond motifs is 1. The maximum absolute atomic E-state index is 12.4. The minimum atomic E-state index is -0.543. The van der Waals surface area contributed by atoms with E-state index in [2.05, 4.69) is 24.5 Å². The van der Waals surface area contributed by atoms with Crippen LogP contribution in [0, 0.1) is 5.92 Å². The lowest BCUT2D eigenvalue weighted by molar-refractivity contribution is -0.128. The quantitative estimate of drug-likeness (QED) is 0.757. The highest BCUT2D eigenvalue weighted by Crippen LogP contribution is 2.18. The molecule has 2 amide bonds. The first kappa shape index (κ1) is 20.0. The number of hydrogen-bond acceptors (Lipinski definition) is 2. The first-order valence-corrected chi connectivity index (χ1v) is 9.43. The molecular weight excluding hydrogens is 324 g/mol. The van der Waals surface area contributed by atoms with Gasteiger partial charge < -0.3 is 10.6 Å². The molecule has 2 rings (SSSR count). The second kappa shape index (κ2) is 9.37. The fourth-order valence-electron chi connectivity index (χ4n) is 3.00. The van der Waals surface area contributed by atoms with Crippen LogP contribution in [0.2, 0.25) is 0 Å². The normalized spacial score (nSPS) is 13.4. The molecule has 2 aromatic carbocycles. The van der Waals surface area contributed by atoms with Crippen LogP contribution in [0.4, 0.5) is 0 Å². The van der Waals surface area contributed by atoms with Gasteiger partial charge in [-0.05, 0) is 48.9 Å². The van der Waals surface area contributed by atoms with E-state index in [1.54, 1.807) is 6.92 Å².